The zero-order chi connectivity index (χ0) is 16.8. The predicted molar refractivity (Wildman–Crippen MR) is 93.1 cm³/mol. The van der Waals surface area contributed by atoms with Gasteiger partial charge in [-0.15, -0.1) is 0 Å². The van der Waals surface area contributed by atoms with Gasteiger partial charge in [0.1, 0.15) is 5.82 Å². The SMILES string of the molecule is O=S(=O)(Nc1ccc(NCc2ccncc2)cn1)c1ccccc1. The first kappa shape index (κ1) is 15.9. The van der Waals surface area contributed by atoms with E-state index in [2.05, 4.69) is 20.0 Å². The first-order valence-corrected chi connectivity index (χ1v) is 8.78. The van der Waals surface area contributed by atoms with Gasteiger partial charge in [-0.3, -0.25) is 9.71 Å². The van der Waals surface area contributed by atoms with E-state index in [-0.39, 0.29) is 10.7 Å². The lowest BCUT2D eigenvalue weighted by atomic mass is 10.2. The summed E-state index contributed by atoms with van der Waals surface area (Å²) in [5, 5.41) is 3.22. The van der Waals surface area contributed by atoms with E-state index in [9.17, 15) is 8.42 Å². The zero-order valence-electron chi connectivity index (χ0n) is 12.8. The van der Waals surface area contributed by atoms with Gasteiger partial charge in [-0.25, -0.2) is 13.4 Å². The van der Waals surface area contributed by atoms with Crippen LogP contribution >= 0.6 is 0 Å². The maximum absolute atomic E-state index is 12.2. The summed E-state index contributed by atoms with van der Waals surface area (Å²) >= 11 is 0. The van der Waals surface area contributed by atoms with Gasteiger partial charge < -0.3 is 5.32 Å². The fourth-order valence-electron chi connectivity index (χ4n) is 2.06. The quantitative estimate of drug-likeness (QED) is 0.721. The molecule has 6 nitrogen and oxygen atoms in total. The molecule has 7 heteroatoms. The van der Waals surface area contributed by atoms with Gasteiger partial charge in [0.25, 0.3) is 10.0 Å². The van der Waals surface area contributed by atoms with Crippen LogP contribution in [-0.4, -0.2) is 18.4 Å². The van der Waals surface area contributed by atoms with Gasteiger partial charge in [-0.1, -0.05) is 18.2 Å². The van der Waals surface area contributed by atoms with Gasteiger partial charge in [-0.2, -0.15) is 0 Å². The third-order valence-electron chi connectivity index (χ3n) is 3.30. The average molecular weight is 340 g/mol. The molecule has 0 amide bonds. The van der Waals surface area contributed by atoms with Gasteiger partial charge in [0.05, 0.1) is 16.8 Å². The Morgan fingerprint density at radius 2 is 1.67 bits per heavy atom. The largest absolute Gasteiger partial charge is 0.380 e. The van der Waals surface area contributed by atoms with Crippen molar-refractivity contribution in [3.05, 3.63) is 78.8 Å². The molecule has 1 aromatic carbocycles. The van der Waals surface area contributed by atoms with E-state index in [1.807, 2.05) is 12.1 Å². The highest BCUT2D eigenvalue weighted by Crippen LogP contribution is 2.16. The molecule has 2 N–H and O–H groups in total. The third kappa shape index (κ3) is 4.08. The van der Waals surface area contributed by atoms with Crippen molar-refractivity contribution in [2.75, 3.05) is 10.0 Å². The van der Waals surface area contributed by atoms with E-state index in [1.165, 1.54) is 12.1 Å². The Morgan fingerprint density at radius 1 is 0.917 bits per heavy atom. The second-order valence-electron chi connectivity index (χ2n) is 5.06. The minimum absolute atomic E-state index is 0.201. The van der Waals surface area contributed by atoms with Gasteiger partial charge in [0.15, 0.2) is 0 Å². The Bertz CT molecular complexity index is 883. The lowest BCUT2D eigenvalue weighted by Gasteiger charge is -2.09. The normalized spacial score (nSPS) is 11.0. The summed E-state index contributed by atoms with van der Waals surface area (Å²) in [6, 6.07) is 15.4. The molecule has 3 rings (SSSR count). The van der Waals surface area contributed by atoms with Crippen LogP contribution in [0.4, 0.5) is 11.5 Å². The first-order valence-electron chi connectivity index (χ1n) is 7.30. The monoisotopic (exact) mass is 340 g/mol. The number of sulfonamides is 1. The van der Waals surface area contributed by atoms with E-state index in [1.54, 1.807) is 48.9 Å². The van der Waals surface area contributed by atoms with Crippen molar-refractivity contribution in [2.45, 2.75) is 11.4 Å². The van der Waals surface area contributed by atoms with Crippen molar-refractivity contribution in [1.82, 2.24) is 9.97 Å². The summed E-state index contributed by atoms with van der Waals surface area (Å²) in [6.45, 7) is 0.638. The van der Waals surface area contributed by atoms with Crippen molar-refractivity contribution < 1.29 is 8.42 Å². The van der Waals surface area contributed by atoms with E-state index < -0.39 is 10.0 Å². The molecule has 0 aliphatic heterocycles. The molecule has 0 unspecified atom stereocenters. The summed E-state index contributed by atoms with van der Waals surface area (Å²) in [5.74, 6) is 0.272. The average Bonchev–Trinajstić information content (AvgIpc) is 2.62. The Kier molecular flexibility index (Phi) is 4.72. The molecule has 0 aliphatic rings. The number of nitrogens with one attached hydrogen (secondary N) is 2. The van der Waals surface area contributed by atoms with E-state index in [4.69, 9.17) is 0 Å². The van der Waals surface area contributed by atoms with Crippen molar-refractivity contribution in [1.29, 1.82) is 0 Å². The molecule has 0 aliphatic carbocycles. The maximum atomic E-state index is 12.2. The molecule has 0 saturated heterocycles. The Hall–Kier alpha value is -2.93. The smallest absolute Gasteiger partial charge is 0.263 e. The number of pyridine rings is 2. The van der Waals surface area contributed by atoms with Crippen LogP contribution in [0.5, 0.6) is 0 Å². The van der Waals surface area contributed by atoms with Crippen LogP contribution in [0.1, 0.15) is 5.56 Å². The lowest BCUT2D eigenvalue weighted by Crippen LogP contribution is -2.13. The number of anilines is 2. The predicted octanol–water partition coefficient (Wildman–Crippen LogP) is 2.89. The van der Waals surface area contributed by atoms with E-state index in [0.717, 1.165) is 11.3 Å². The second kappa shape index (κ2) is 7.10. The maximum Gasteiger partial charge on any atom is 0.263 e. The highest BCUT2D eigenvalue weighted by atomic mass is 32.2. The van der Waals surface area contributed by atoms with Gasteiger partial charge in [-0.05, 0) is 42.0 Å². The van der Waals surface area contributed by atoms with Crippen molar-refractivity contribution in [3.63, 3.8) is 0 Å². The summed E-state index contributed by atoms with van der Waals surface area (Å²) in [6.07, 6.45) is 5.05. The Balaban J connectivity index is 1.64. The second-order valence-corrected chi connectivity index (χ2v) is 6.74. The van der Waals surface area contributed by atoms with Gasteiger partial charge in [0, 0.05) is 18.9 Å². The fraction of sp³-hybridized carbons (Fsp3) is 0.0588. The number of benzene rings is 1. The molecule has 0 spiro atoms. The molecule has 2 aromatic heterocycles. The number of hydrogen-bond donors (Lipinski definition) is 2. The van der Waals surface area contributed by atoms with Gasteiger partial charge >= 0.3 is 0 Å². The highest BCUT2D eigenvalue weighted by molar-refractivity contribution is 7.92. The summed E-state index contributed by atoms with van der Waals surface area (Å²) < 4.78 is 26.9. The fourth-order valence-corrected chi connectivity index (χ4v) is 3.09. The number of hydrogen-bond acceptors (Lipinski definition) is 5. The van der Waals surface area contributed by atoms with E-state index >= 15 is 0 Å². The topological polar surface area (TPSA) is 84.0 Å². The van der Waals surface area contributed by atoms with Gasteiger partial charge in [0.2, 0.25) is 0 Å². The molecule has 0 radical (unpaired) electrons. The van der Waals surface area contributed by atoms with Crippen LogP contribution in [0.2, 0.25) is 0 Å². The lowest BCUT2D eigenvalue weighted by molar-refractivity contribution is 0.601. The van der Waals surface area contributed by atoms with Crippen LogP contribution in [0.3, 0.4) is 0 Å². The van der Waals surface area contributed by atoms with Crippen LogP contribution < -0.4 is 10.0 Å². The molecule has 2 heterocycles. The molecule has 0 bridgehead atoms. The van der Waals surface area contributed by atoms with Crippen LogP contribution in [-0.2, 0) is 16.6 Å². The number of aromatic nitrogens is 2. The number of nitrogens with zero attached hydrogens (tertiary/aromatic N) is 2. The summed E-state index contributed by atoms with van der Waals surface area (Å²) in [5.41, 5.74) is 1.90. The minimum Gasteiger partial charge on any atom is -0.380 e. The zero-order valence-corrected chi connectivity index (χ0v) is 13.6. The molecular weight excluding hydrogens is 324 g/mol. The number of rotatable bonds is 6. The third-order valence-corrected chi connectivity index (χ3v) is 4.67. The van der Waals surface area contributed by atoms with Crippen LogP contribution in [0, 0.1) is 0 Å². The van der Waals surface area contributed by atoms with Crippen molar-refractivity contribution in [2.24, 2.45) is 0 Å². The standard InChI is InChI=1S/C17H16N4O2S/c22-24(23,16-4-2-1-3-5-16)21-17-7-6-15(13-20-17)19-12-14-8-10-18-11-9-14/h1-11,13,19H,12H2,(H,20,21). The molecular formula is C17H16N4O2S. The molecule has 0 fully saturated rings. The van der Waals surface area contributed by atoms with Crippen molar-refractivity contribution >= 4 is 21.5 Å². The highest BCUT2D eigenvalue weighted by Gasteiger charge is 2.13. The molecule has 122 valence electrons. The Labute approximate surface area is 140 Å². The molecule has 0 saturated carbocycles. The first-order chi connectivity index (χ1) is 11.6. The summed E-state index contributed by atoms with van der Waals surface area (Å²) in [4.78, 5) is 8.30. The molecule has 3 aromatic rings. The van der Waals surface area contributed by atoms with E-state index in [0.29, 0.717) is 6.54 Å². The van der Waals surface area contributed by atoms with Crippen LogP contribution in [0.15, 0.2) is 78.1 Å². The van der Waals surface area contributed by atoms with Crippen molar-refractivity contribution in [3.8, 4) is 0 Å². The molecule has 0 atom stereocenters. The minimum atomic E-state index is -3.62. The van der Waals surface area contributed by atoms with Crippen LogP contribution in [0.25, 0.3) is 0 Å². The molecule has 24 heavy (non-hydrogen) atoms. The Morgan fingerprint density at radius 3 is 2.33 bits per heavy atom. The summed E-state index contributed by atoms with van der Waals surface area (Å²) in [7, 11) is -3.62.